The number of nitrogens with one attached hydrogen (secondary N) is 1. The van der Waals surface area contributed by atoms with Crippen LogP contribution in [-0.4, -0.2) is 24.0 Å². The number of pyridine rings is 1. The van der Waals surface area contributed by atoms with Crippen molar-refractivity contribution in [1.29, 1.82) is 0 Å². The molecule has 0 atom stereocenters. The Morgan fingerprint density at radius 2 is 2.14 bits per heavy atom. The summed E-state index contributed by atoms with van der Waals surface area (Å²) in [6, 6.07) is 11.1. The highest BCUT2D eigenvalue weighted by Crippen LogP contribution is 2.35. The molecule has 108 valence electrons. The van der Waals surface area contributed by atoms with Gasteiger partial charge in [0.2, 0.25) is 11.8 Å². The van der Waals surface area contributed by atoms with Crippen molar-refractivity contribution in [2.45, 2.75) is 6.92 Å². The van der Waals surface area contributed by atoms with Crippen molar-refractivity contribution in [1.82, 2.24) is 4.98 Å². The number of anilines is 4. The quantitative estimate of drug-likeness (QED) is 0.902. The molecule has 1 aromatic heterocycles. The Morgan fingerprint density at radius 1 is 1.33 bits per heavy atom. The highest BCUT2D eigenvalue weighted by atomic mass is 16.5. The average Bonchev–Trinajstić information content (AvgIpc) is 2.49. The standard InChI is InChI=1S/C15H16N4O2/c1-2-21-15-10(16)7-8-13(18-15)19-9-14(20)17-11-5-3-4-6-12(11)19/h3-8H,2,9,16H2,1H3,(H,17,20). The number of nitrogens with zero attached hydrogens (tertiary/aromatic N) is 2. The zero-order valence-corrected chi connectivity index (χ0v) is 11.7. The number of nitrogens with two attached hydrogens (primary N) is 1. The minimum absolute atomic E-state index is 0.0784. The number of fused-ring (bicyclic) bond motifs is 1. The topological polar surface area (TPSA) is 80.5 Å². The Morgan fingerprint density at radius 3 is 2.95 bits per heavy atom. The molecule has 1 amide bonds. The van der Waals surface area contributed by atoms with Crippen LogP contribution in [0.1, 0.15) is 6.92 Å². The van der Waals surface area contributed by atoms with Gasteiger partial charge in [0.15, 0.2) is 0 Å². The van der Waals surface area contributed by atoms with Crippen molar-refractivity contribution in [2.75, 3.05) is 29.1 Å². The summed E-state index contributed by atoms with van der Waals surface area (Å²) in [5, 5.41) is 2.85. The first-order valence-electron chi connectivity index (χ1n) is 6.74. The fourth-order valence-corrected chi connectivity index (χ4v) is 2.28. The predicted octanol–water partition coefficient (Wildman–Crippen LogP) is 2.15. The normalized spacial score (nSPS) is 13.6. The van der Waals surface area contributed by atoms with Crippen molar-refractivity contribution >= 4 is 28.8 Å². The first-order valence-corrected chi connectivity index (χ1v) is 6.74. The summed E-state index contributed by atoms with van der Waals surface area (Å²) in [5.41, 5.74) is 7.99. The molecule has 3 N–H and O–H groups in total. The van der Waals surface area contributed by atoms with E-state index in [1.165, 1.54) is 0 Å². The lowest BCUT2D eigenvalue weighted by Gasteiger charge is -2.30. The van der Waals surface area contributed by atoms with Gasteiger partial charge in [0.05, 0.1) is 23.7 Å². The zero-order chi connectivity index (χ0) is 14.8. The van der Waals surface area contributed by atoms with Gasteiger partial charge < -0.3 is 20.7 Å². The summed E-state index contributed by atoms with van der Waals surface area (Å²) >= 11 is 0. The van der Waals surface area contributed by atoms with Gasteiger partial charge >= 0.3 is 0 Å². The molecule has 0 unspecified atom stereocenters. The maximum Gasteiger partial charge on any atom is 0.244 e. The molecule has 1 aliphatic heterocycles. The maximum absolute atomic E-state index is 11.9. The van der Waals surface area contributed by atoms with E-state index in [4.69, 9.17) is 10.5 Å². The summed E-state index contributed by atoms with van der Waals surface area (Å²) < 4.78 is 5.42. The van der Waals surface area contributed by atoms with Gasteiger partial charge in [-0.15, -0.1) is 0 Å². The van der Waals surface area contributed by atoms with Crippen molar-refractivity contribution in [2.24, 2.45) is 0 Å². The van der Waals surface area contributed by atoms with Gasteiger partial charge in [-0.2, -0.15) is 4.98 Å². The molecular formula is C15H16N4O2. The van der Waals surface area contributed by atoms with E-state index in [-0.39, 0.29) is 12.5 Å². The fraction of sp³-hybridized carbons (Fsp3) is 0.200. The van der Waals surface area contributed by atoms with Crippen LogP contribution >= 0.6 is 0 Å². The van der Waals surface area contributed by atoms with Gasteiger partial charge in [-0.1, -0.05) is 12.1 Å². The Hall–Kier alpha value is -2.76. The van der Waals surface area contributed by atoms with E-state index in [0.29, 0.717) is 24.0 Å². The molecular weight excluding hydrogens is 268 g/mol. The highest BCUT2D eigenvalue weighted by Gasteiger charge is 2.24. The second kappa shape index (κ2) is 5.32. The third-order valence-electron chi connectivity index (χ3n) is 3.20. The molecule has 2 aromatic rings. The second-order valence-corrected chi connectivity index (χ2v) is 4.65. The van der Waals surface area contributed by atoms with Crippen LogP contribution in [0, 0.1) is 0 Å². The summed E-state index contributed by atoms with van der Waals surface area (Å²) in [6.07, 6.45) is 0. The lowest BCUT2D eigenvalue weighted by Crippen LogP contribution is -2.35. The van der Waals surface area contributed by atoms with Crippen molar-refractivity contribution in [3.05, 3.63) is 36.4 Å². The molecule has 6 nitrogen and oxygen atoms in total. The summed E-state index contributed by atoms with van der Waals surface area (Å²) in [6.45, 7) is 2.56. The van der Waals surface area contributed by atoms with Crippen LogP contribution < -0.4 is 20.7 Å². The van der Waals surface area contributed by atoms with E-state index in [1.807, 2.05) is 36.1 Å². The van der Waals surface area contributed by atoms with Gasteiger partial charge in [0, 0.05) is 0 Å². The maximum atomic E-state index is 11.9. The third-order valence-corrected chi connectivity index (χ3v) is 3.20. The van der Waals surface area contributed by atoms with Crippen molar-refractivity contribution in [3.8, 4) is 5.88 Å². The van der Waals surface area contributed by atoms with Gasteiger partial charge in [-0.05, 0) is 31.2 Å². The Kier molecular flexibility index (Phi) is 3.35. The van der Waals surface area contributed by atoms with Crippen LogP contribution in [-0.2, 0) is 4.79 Å². The van der Waals surface area contributed by atoms with Crippen LogP contribution in [0.4, 0.5) is 22.9 Å². The molecule has 21 heavy (non-hydrogen) atoms. The number of hydrogen-bond donors (Lipinski definition) is 2. The lowest BCUT2D eigenvalue weighted by atomic mass is 10.2. The van der Waals surface area contributed by atoms with Gasteiger partial charge in [0.1, 0.15) is 12.4 Å². The molecule has 1 aliphatic rings. The monoisotopic (exact) mass is 284 g/mol. The van der Waals surface area contributed by atoms with E-state index in [9.17, 15) is 4.79 Å². The Balaban J connectivity index is 2.04. The van der Waals surface area contributed by atoms with Gasteiger partial charge in [-0.25, -0.2) is 0 Å². The highest BCUT2D eigenvalue weighted by molar-refractivity contribution is 6.02. The second-order valence-electron chi connectivity index (χ2n) is 4.65. The molecule has 0 saturated heterocycles. The third kappa shape index (κ3) is 2.47. The molecule has 0 saturated carbocycles. The van der Waals surface area contributed by atoms with Gasteiger partial charge in [0.25, 0.3) is 0 Å². The van der Waals surface area contributed by atoms with Crippen LogP contribution in [0.15, 0.2) is 36.4 Å². The number of carbonyl (C=O) groups is 1. The van der Waals surface area contributed by atoms with Crippen LogP contribution in [0.5, 0.6) is 5.88 Å². The average molecular weight is 284 g/mol. The van der Waals surface area contributed by atoms with E-state index in [0.717, 1.165) is 11.4 Å². The van der Waals surface area contributed by atoms with Crippen LogP contribution in [0.2, 0.25) is 0 Å². The minimum atomic E-state index is -0.0784. The van der Waals surface area contributed by atoms with E-state index in [1.54, 1.807) is 12.1 Å². The molecule has 0 spiro atoms. The van der Waals surface area contributed by atoms with Crippen molar-refractivity contribution in [3.63, 3.8) is 0 Å². The number of ether oxygens (including phenoxy) is 1. The smallest absolute Gasteiger partial charge is 0.244 e. The van der Waals surface area contributed by atoms with Crippen LogP contribution in [0.25, 0.3) is 0 Å². The van der Waals surface area contributed by atoms with Crippen LogP contribution in [0.3, 0.4) is 0 Å². The summed E-state index contributed by atoms with van der Waals surface area (Å²) in [7, 11) is 0. The van der Waals surface area contributed by atoms with Crippen molar-refractivity contribution < 1.29 is 9.53 Å². The number of aromatic nitrogens is 1. The zero-order valence-electron chi connectivity index (χ0n) is 11.7. The number of hydrogen-bond acceptors (Lipinski definition) is 5. The number of rotatable bonds is 3. The number of nitrogen functional groups attached to an aromatic ring is 1. The number of amides is 1. The van der Waals surface area contributed by atoms with E-state index >= 15 is 0 Å². The summed E-state index contributed by atoms with van der Waals surface area (Å²) in [4.78, 5) is 18.1. The molecule has 0 fully saturated rings. The molecule has 0 radical (unpaired) electrons. The minimum Gasteiger partial charge on any atom is -0.476 e. The molecule has 6 heteroatoms. The van der Waals surface area contributed by atoms with Gasteiger partial charge in [-0.3, -0.25) is 4.79 Å². The van der Waals surface area contributed by atoms with E-state index < -0.39 is 0 Å². The first-order chi connectivity index (χ1) is 10.2. The predicted molar refractivity (Wildman–Crippen MR) is 81.9 cm³/mol. The number of benzene rings is 1. The molecule has 3 rings (SSSR count). The SMILES string of the molecule is CCOc1nc(N2CC(=O)Nc3ccccc32)ccc1N. The molecule has 0 aliphatic carbocycles. The molecule has 1 aromatic carbocycles. The van der Waals surface area contributed by atoms with E-state index in [2.05, 4.69) is 10.3 Å². The number of carbonyl (C=O) groups excluding carboxylic acids is 1. The first kappa shape index (κ1) is 13.2. The molecule has 2 heterocycles. The number of para-hydroxylation sites is 2. The Labute approximate surface area is 122 Å². The Bertz CT molecular complexity index is 687. The largest absolute Gasteiger partial charge is 0.476 e. The summed E-state index contributed by atoms with van der Waals surface area (Å²) in [5.74, 6) is 0.943. The fourth-order valence-electron chi connectivity index (χ4n) is 2.28. The molecule has 0 bridgehead atoms. The lowest BCUT2D eigenvalue weighted by molar-refractivity contribution is -0.115.